The second-order valence-corrected chi connectivity index (χ2v) is 10.2. The second-order valence-electron chi connectivity index (χ2n) is 8.73. The van der Waals surface area contributed by atoms with Crippen molar-refractivity contribution in [2.24, 2.45) is 5.92 Å². The maximum absolute atomic E-state index is 13.3. The number of benzene rings is 2. The molecule has 2 aromatic rings. The van der Waals surface area contributed by atoms with Gasteiger partial charge in [0.1, 0.15) is 11.0 Å². The van der Waals surface area contributed by atoms with Crippen LogP contribution in [0.2, 0.25) is 0 Å². The molecule has 11 heteroatoms. The molecule has 0 aromatic heterocycles. The summed E-state index contributed by atoms with van der Waals surface area (Å²) in [7, 11) is -1.54. The van der Waals surface area contributed by atoms with Gasteiger partial charge in [0.05, 0.1) is 16.4 Å². The molecule has 0 spiro atoms. The van der Waals surface area contributed by atoms with Crippen LogP contribution in [-0.2, 0) is 26.9 Å². The number of carboxylic acid groups (broad SMARTS) is 1. The maximum Gasteiger partial charge on any atom is 0.407 e. The number of hydrogen-bond acceptors (Lipinski definition) is 6. The maximum atomic E-state index is 13.3. The minimum Gasteiger partial charge on any atom is -0.481 e. The van der Waals surface area contributed by atoms with Crippen LogP contribution in [-0.4, -0.2) is 56.3 Å². The molecule has 0 aliphatic carbocycles. The van der Waals surface area contributed by atoms with Crippen LogP contribution < -0.4 is 5.32 Å². The number of ether oxygens (including phenoxy) is 1. The molecule has 36 heavy (non-hydrogen) atoms. The van der Waals surface area contributed by atoms with Crippen LogP contribution in [0.3, 0.4) is 0 Å². The minimum absolute atomic E-state index is 0.000173. The summed E-state index contributed by atoms with van der Waals surface area (Å²) in [6, 6.07) is 15.0. The van der Waals surface area contributed by atoms with E-state index >= 15 is 0 Å². The van der Waals surface area contributed by atoms with Crippen LogP contribution >= 0.6 is 0 Å². The number of amides is 1. The molecule has 0 radical (unpaired) electrons. The molecule has 196 valence electrons. The summed E-state index contributed by atoms with van der Waals surface area (Å²) in [6.07, 6.45) is 0.519. The van der Waals surface area contributed by atoms with Gasteiger partial charge in [0, 0.05) is 37.7 Å². The van der Waals surface area contributed by atoms with E-state index in [0.29, 0.717) is 30.8 Å². The highest BCUT2D eigenvalue weighted by molar-refractivity contribution is 7.82. The number of carbonyl (C=O) groups excluding carboxylic acids is 1. The molecule has 0 heterocycles. The molecule has 10 nitrogen and oxygen atoms in total. The SMILES string of the molecule is CC(C)CN(CCC(Cc1ccccc1)NC(=O)OCCCC(=O)O)S(=O)c1ccc([N+](=O)[O-])cc1. The van der Waals surface area contributed by atoms with E-state index in [0.717, 1.165) is 5.56 Å². The van der Waals surface area contributed by atoms with Crippen molar-refractivity contribution in [3.8, 4) is 0 Å². The number of carbonyl (C=O) groups is 2. The van der Waals surface area contributed by atoms with Crippen molar-refractivity contribution in [3.05, 3.63) is 70.3 Å². The van der Waals surface area contributed by atoms with Gasteiger partial charge in [0.15, 0.2) is 0 Å². The number of hydrogen-bond donors (Lipinski definition) is 2. The molecule has 2 N–H and O–H groups in total. The first kappa shape index (κ1) is 28.9. The molecule has 0 aliphatic heterocycles. The predicted octanol–water partition coefficient (Wildman–Crippen LogP) is 4.17. The number of carboxylic acids is 1. The molecule has 0 aliphatic rings. The molecule has 2 atom stereocenters. The van der Waals surface area contributed by atoms with E-state index in [4.69, 9.17) is 9.84 Å². The fourth-order valence-electron chi connectivity index (χ4n) is 3.50. The molecule has 2 rings (SSSR count). The molecule has 1 amide bonds. The molecule has 0 bridgehead atoms. The number of rotatable bonds is 15. The van der Waals surface area contributed by atoms with Crippen molar-refractivity contribution in [1.82, 2.24) is 9.62 Å². The van der Waals surface area contributed by atoms with Gasteiger partial charge < -0.3 is 15.2 Å². The Bertz CT molecular complexity index is 1020. The first-order chi connectivity index (χ1) is 17.2. The summed E-state index contributed by atoms with van der Waals surface area (Å²) >= 11 is 0. The summed E-state index contributed by atoms with van der Waals surface area (Å²) < 4.78 is 20.2. The Hall–Kier alpha value is -3.31. The Morgan fingerprint density at radius 2 is 1.81 bits per heavy atom. The molecule has 2 aromatic carbocycles. The van der Waals surface area contributed by atoms with E-state index in [1.807, 2.05) is 44.2 Å². The highest BCUT2D eigenvalue weighted by Crippen LogP contribution is 2.19. The van der Waals surface area contributed by atoms with Crippen LogP contribution in [0.4, 0.5) is 10.5 Å². The number of aliphatic carboxylic acids is 1. The monoisotopic (exact) mass is 519 g/mol. The number of nitrogens with zero attached hydrogens (tertiary/aromatic N) is 2. The summed E-state index contributed by atoms with van der Waals surface area (Å²) in [5.74, 6) is -0.737. The number of alkyl carbamates (subject to hydrolysis) is 1. The normalized spacial score (nSPS) is 12.8. The lowest BCUT2D eigenvalue weighted by Crippen LogP contribution is -2.41. The van der Waals surface area contributed by atoms with E-state index in [2.05, 4.69) is 5.32 Å². The fourth-order valence-corrected chi connectivity index (χ4v) is 4.87. The van der Waals surface area contributed by atoms with Gasteiger partial charge in [-0.25, -0.2) is 13.3 Å². The Kier molecular flexibility index (Phi) is 12.0. The lowest BCUT2D eigenvalue weighted by atomic mass is 10.0. The Morgan fingerprint density at radius 3 is 2.39 bits per heavy atom. The van der Waals surface area contributed by atoms with E-state index in [1.54, 1.807) is 4.31 Å². The van der Waals surface area contributed by atoms with Crippen molar-refractivity contribution >= 4 is 28.7 Å². The predicted molar refractivity (Wildman–Crippen MR) is 136 cm³/mol. The molecule has 2 unspecified atom stereocenters. The Labute approximate surface area is 213 Å². The lowest BCUT2D eigenvalue weighted by Gasteiger charge is -2.26. The highest BCUT2D eigenvalue weighted by atomic mass is 32.2. The van der Waals surface area contributed by atoms with Crippen LogP contribution in [0.15, 0.2) is 59.5 Å². The Morgan fingerprint density at radius 1 is 1.14 bits per heavy atom. The first-order valence-corrected chi connectivity index (χ1v) is 12.9. The zero-order chi connectivity index (χ0) is 26.5. The van der Waals surface area contributed by atoms with E-state index in [1.165, 1.54) is 24.3 Å². The van der Waals surface area contributed by atoms with Gasteiger partial charge in [-0.05, 0) is 42.9 Å². The zero-order valence-electron chi connectivity index (χ0n) is 20.5. The summed E-state index contributed by atoms with van der Waals surface area (Å²) in [6.45, 7) is 4.95. The van der Waals surface area contributed by atoms with Crippen LogP contribution in [0.25, 0.3) is 0 Å². The number of nitro benzene ring substituents is 1. The summed E-state index contributed by atoms with van der Waals surface area (Å²) in [5.41, 5.74) is 0.945. The number of non-ortho nitro benzene ring substituents is 1. The van der Waals surface area contributed by atoms with E-state index in [9.17, 15) is 23.9 Å². The van der Waals surface area contributed by atoms with Gasteiger partial charge in [-0.15, -0.1) is 0 Å². The molecular formula is C25H33N3O7S. The molecule has 0 saturated heterocycles. The minimum atomic E-state index is -1.54. The van der Waals surface area contributed by atoms with Crippen molar-refractivity contribution in [3.63, 3.8) is 0 Å². The van der Waals surface area contributed by atoms with Gasteiger partial charge >= 0.3 is 12.1 Å². The van der Waals surface area contributed by atoms with Gasteiger partial charge in [0.25, 0.3) is 5.69 Å². The summed E-state index contributed by atoms with van der Waals surface area (Å²) in [5, 5.41) is 22.5. The van der Waals surface area contributed by atoms with Crippen molar-refractivity contribution in [2.45, 2.75) is 50.5 Å². The van der Waals surface area contributed by atoms with Gasteiger partial charge in [-0.1, -0.05) is 44.2 Å². The van der Waals surface area contributed by atoms with Crippen molar-refractivity contribution in [1.29, 1.82) is 0 Å². The molecule has 0 saturated carbocycles. The molecule has 0 fully saturated rings. The third-order valence-corrected chi connectivity index (χ3v) is 6.67. The van der Waals surface area contributed by atoms with Crippen LogP contribution in [0, 0.1) is 16.0 Å². The largest absolute Gasteiger partial charge is 0.481 e. The number of nitrogens with one attached hydrogen (secondary N) is 1. The average molecular weight is 520 g/mol. The Balaban J connectivity index is 2.08. The quantitative estimate of drug-likeness (QED) is 0.204. The zero-order valence-corrected chi connectivity index (χ0v) is 21.3. The highest BCUT2D eigenvalue weighted by Gasteiger charge is 2.21. The van der Waals surface area contributed by atoms with Gasteiger partial charge in [0.2, 0.25) is 0 Å². The first-order valence-electron chi connectivity index (χ1n) is 11.8. The van der Waals surface area contributed by atoms with Crippen molar-refractivity contribution < 1.29 is 28.6 Å². The lowest BCUT2D eigenvalue weighted by molar-refractivity contribution is -0.384. The smallest absolute Gasteiger partial charge is 0.407 e. The topological polar surface area (TPSA) is 139 Å². The standard InChI is InChI=1S/C25H33N3O7S/c1-19(2)18-27(36(34)23-12-10-22(11-13-23)28(32)33)15-14-21(17-20-7-4-3-5-8-20)26-25(31)35-16-6-9-24(29)30/h3-5,7-8,10-13,19,21H,6,9,14-18H2,1-2H3,(H,26,31)(H,29,30). The van der Waals surface area contributed by atoms with Crippen LogP contribution in [0.5, 0.6) is 0 Å². The van der Waals surface area contributed by atoms with Crippen LogP contribution in [0.1, 0.15) is 38.7 Å². The fraction of sp³-hybridized carbons (Fsp3) is 0.440. The molecular weight excluding hydrogens is 486 g/mol. The summed E-state index contributed by atoms with van der Waals surface area (Å²) in [4.78, 5) is 33.9. The van der Waals surface area contributed by atoms with Gasteiger partial charge in [-0.2, -0.15) is 0 Å². The number of nitro groups is 1. The van der Waals surface area contributed by atoms with Gasteiger partial charge in [-0.3, -0.25) is 14.9 Å². The van der Waals surface area contributed by atoms with E-state index in [-0.39, 0.29) is 37.1 Å². The second kappa shape index (κ2) is 14.9. The van der Waals surface area contributed by atoms with Crippen molar-refractivity contribution in [2.75, 3.05) is 19.7 Å². The third-order valence-electron chi connectivity index (χ3n) is 5.19. The average Bonchev–Trinajstić information content (AvgIpc) is 2.84. The third kappa shape index (κ3) is 10.5. The van der Waals surface area contributed by atoms with E-state index < -0.39 is 28.0 Å².